The van der Waals surface area contributed by atoms with E-state index in [1.54, 1.807) is 0 Å². The summed E-state index contributed by atoms with van der Waals surface area (Å²) in [4.78, 5) is 15.3. The first-order valence-corrected chi connectivity index (χ1v) is 17.8. The second kappa shape index (κ2) is 12.9. The molecule has 0 unspecified atom stereocenters. The van der Waals surface area contributed by atoms with Crippen molar-refractivity contribution < 1.29 is 4.42 Å². The number of aromatic nitrogens is 3. The third kappa shape index (κ3) is 5.63. The van der Waals surface area contributed by atoms with Crippen LogP contribution in [0.2, 0.25) is 0 Å². The van der Waals surface area contributed by atoms with Crippen LogP contribution in [0, 0.1) is 0 Å². The number of furan rings is 1. The lowest BCUT2D eigenvalue weighted by molar-refractivity contribution is 0.669. The van der Waals surface area contributed by atoms with Crippen molar-refractivity contribution in [3.8, 4) is 67.5 Å². The molecular weight excluding hydrogens is 647 g/mol. The Morgan fingerprint density at radius 1 is 0.264 bits per heavy atom. The minimum absolute atomic E-state index is 0.616. The van der Waals surface area contributed by atoms with Gasteiger partial charge in [0.1, 0.15) is 11.2 Å². The van der Waals surface area contributed by atoms with E-state index >= 15 is 0 Å². The summed E-state index contributed by atoms with van der Waals surface area (Å²) in [6.07, 6.45) is 0. The Labute approximate surface area is 306 Å². The van der Waals surface area contributed by atoms with Gasteiger partial charge in [0.15, 0.2) is 17.5 Å². The Hall–Kier alpha value is -7.17. The SMILES string of the molecule is c1ccc(-c2ccc3oc4cc(-c5cccc(-c6nc(-c7ccccc7)nc(-c7cccc8c(-c9ccccc9)cccc78)n6)c5)ccc4c3c2)cc1. The van der Waals surface area contributed by atoms with Gasteiger partial charge >= 0.3 is 0 Å². The van der Waals surface area contributed by atoms with Crippen molar-refractivity contribution in [1.29, 1.82) is 0 Å². The van der Waals surface area contributed by atoms with Crippen molar-refractivity contribution >= 4 is 32.7 Å². The van der Waals surface area contributed by atoms with E-state index in [0.29, 0.717) is 17.5 Å². The van der Waals surface area contributed by atoms with Crippen LogP contribution in [0.5, 0.6) is 0 Å². The molecule has 0 saturated heterocycles. The van der Waals surface area contributed by atoms with E-state index in [9.17, 15) is 0 Å². The standard InChI is InChI=1S/C49H31N3O/c1-4-13-32(14-5-1)36-26-28-45-44(30-36)42-27-25-37(31-46(42)53-45)35-19-10-20-38(29-35)48-50-47(34-17-8-3-9-18-34)51-49(52-48)43-24-12-22-40-39(21-11-23-41(40)43)33-15-6-2-7-16-33/h1-31H. The Bertz CT molecular complexity index is 2940. The molecular formula is C49H31N3O. The zero-order valence-electron chi connectivity index (χ0n) is 28.6. The molecule has 0 atom stereocenters. The first-order chi connectivity index (χ1) is 26.2. The quantitative estimate of drug-likeness (QED) is 0.176. The number of benzene rings is 8. The Morgan fingerprint density at radius 3 is 1.55 bits per heavy atom. The van der Waals surface area contributed by atoms with Gasteiger partial charge in [0.05, 0.1) is 0 Å². The smallest absolute Gasteiger partial charge is 0.164 e. The molecule has 0 amide bonds. The molecule has 4 heteroatoms. The van der Waals surface area contributed by atoms with E-state index in [-0.39, 0.29) is 0 Å². The highest BCUT2D eigenvalue weighted by atomic mass is 16.3. The summed E-state index contributed by atoms with van der Waals surface area (Å²) in [5.41, 5.74) is 11.3. The monoisotopic (exact) mass is 677 g/mol. The second-order valence-electron chi connectivity index (χ2n) is 13.2. The number of hydrogen-bond acceptors (Lipinski definition) is 4. The summed E-state index contributed by atoms with van der Waals surface area (Å²) in [6, 6.07) is 65.2. The van der Waals surface area contributed by atoms with Crippen molar-refractivity contribution in [2.24, 2.45) is 0 Å². The average Bonchev–Trinajstić information content (AvgIpc) is 3.61. The normalized spacial score (nSPS) is 11.4. The highest BCUT2D eigenvalue weighted by Crippen LogP contribution is 2.37. The minimum atomic E-state index is 0.616. The molecule has 0 aliphatic carbocycles. The summed E-state index contributed by atoms with van der Waals surface area (Å²) in [7, 11) is 0. The molecule has 10 rings (SSSR count). The van der Waals surface area contributed by atoms with Crippen LogP contribution in [0.4, 0.5) is 0 Å². The number of hydrogen-bond donors (Lipinski definition) is 0. The van der Waals surface area contributed by atoms with Crippen LogP contribution in [0.3, 0.4) is 0 Å². The predicted octanol–water partition coefficient (Wildman–Crippen LogP) is 12.9. The van der Waals surface area contributed by atoms with E-state index in [1.807, 2.05) is 42.5 Å². The zero-order chi connectivity index (χ0) is 35.1. The van der Waals surface area contributed by atoms with Crippen LogP contribution in [-0.2, 0) is 0 Å². The molecule has 248 valence electrons. The van der Waals surface area contributed by atoms with Crippen molar-refractivity contribution in [3.63, 3.8) is 0 Å². The first-order valence-electron chi connectivity index (χ1n) is 17.8. The largest absolute Gasteiger partial charge is 0.456 e. The van der Waals surface area contributed by atoms with Gasteiger partial charge in [-0.2, -0.15) is 0 Å². The van der Waals surface area contributed by atoms with Crippen molar-refractivity contribution in [2.45, 2.75) is 0 Å². The lowest BCUT2D eigenvalue weighted by Crippen LogP contribution is -2.00. The third-order valence-corrected chi connectivity index (χ3v) is 9.95. The molecule has 0 radical (unpaired) electrons. The highest BCUT2D eigenvalue weighted by Gasteiger charge is 2.17. The fourth-order valence-corrected chi connectivity index (χ4v) is 7.32. The van der Waals surface area contributed by atoms with Crippen LogP contribution in [0.1, 0.15) is 0 Å². The fourth-order valence-electron chi connectivity index (χ4n) is 7.32. The van der Waals surface area contributed by atoms with Crippen molar-refractivity contribution in [2.75, 3.05) is 0 Å². The number of nitrogens with zero attached hydrogens (tertiary/aromatic N) is 3. The van der Waals surface area contributed by atoms with Crippen LogP contribution < -0.4 is 0 Å². The van der Waals surface area contributed by atoms with E-state index in [0.717, 1.165) is 60.5 Å². The first kappa shape index (κ1) is 30.6. The lowest BCUT2D eigenvalue weighted by atomic mass is 9.95. The van der Waals surface area contributed by atoms with Crippen LogP contribution in [-0.4, -0.2) is 15.0 Å². The zero-order valence-corrected chi connectivity index (χ0v) is 28.6. The molecule has 0 aliphatic heterocycles. The Balaban J connectivity index is 1.08. The maximum atomic E-state index is 6.39. The molecule has 0 saturated carbocycles. The molecule has 2 heterocycles. The molecule has 8 aromatic carbocycles. The molecule has 0 spiro atoms. The Morgan fingerprint density at radius 2 is 0.792 bits per heavy atom. The van der Waals surface area contributed by atoms with Gasteiger partial charge in [0, 0.05) is 27.5 Å². The molecule has 0 fully saturated rings. The molecule has 0 N–H and O–H groups in total. The number of fused-ring (bicyclic) bond motifs is 4. The van der Waals surface area contributed by atoms with Gasteiger partial charge in [0.25, 0.3) is 0 Å². The number of rotatable bonds is 6. The average molecular weight is 678 g/mol. The maximum Gasteiger partial charge on any atom is 0.164 e. The van der Waals surface area contributed by atoms with Gasteiger partial charge in [-0.1, -0.05) is 158 Å². The third-order valence-electron chi connectivity index (χ3n) is 9.95. The summed E-state index contributed by atoms with van der Waals surface area (Å²) >= 11 is 0. The van der Waals surface area contributed by atoms with E-state index < -0.39 is 0 Å². The molecule has 0 bridgehead atoms. The summed E-state index contributed by atoms with van der Waals surface area (Å²) in [5.74, 6) is 1.88. The van der Waals surface area contributed by atoms with E-state index in [1.165, 1.54) is 22.3 Å². The summed E-state index contributed by atoms with van der Waals surface area (Å²) in [6.45, 7) is 0. The molecule has 10 aromatic rings. The van der Waals surface area contributed by atoms with Gasteiger partial charge in [-0.15, -0.1) is 0 Å². The predicted molar refractivity (Wildman–Crippen MR) is 217 cm³/mol. The van der Waals surface area contributed by atoms with Crippen LogP contribution >= 0.6 is 0 Å². The lowest BCUT2D eigenvalue weighted by Gasteiger charge is -2.13. The van der Waals surface area contributed by atoms with E-state index in [2.05, 4.69) is 146 Å². The van der Waals surface area contributed by atoms with Gasteiger partial charge in [0.2, 0.25) is 0 Å². The van der Waals surface area contributed by atoms with Gasteiger partial charge < -0.3 is 4.42 Å². The van der Waals surface area contributed by atoms with Crippen LogP contribution in [0.25, 0.3) is 100 Å². The summed E-state index contributed by atoms with van der Waals surface area (Å²) in [5, 5.41) is 4.45. The minimum Gasteiger partial charge on any atom is -0.456 e. The Kier molecular flexibility index (Phi) is 7.43. The molecule has 0 aliphatic rings. The molecule has 53 heavy (non-hydrogen) atoms. The second-order valence-corrected chi connectivity index (χ2v) is 13.2. The van der Waals surface area contributed by atoms with E-state index in [4.69, 9.17) is 19.4 Å². The molecule has 2 aromatic heterocycles. The highest BCUT2D eigenvalue weighted by molar-refractivity contribution is 6.07. The van der Waals surface area contributed by atoms with Gasteiger partial charge in [-0.3, -0.25) is 0 Å². The van der Waals surface area contributed by atoms with Crippen molar-refractivity contribution in [3.05, 3.63) is 188 Å². The summed E-state index contributed by atoms with van der Waals surface area (Å²) < 4.78 is 6.39. The van der Waals surface area contributed by atoms with Gasteiger partial charge in [-0.25, -0.2) is 15.0 Å². The maximum absolute atomic E-state index is 6.39. The molecule has 4 nitrogen and oxygen atoms in total. The topological polar surface area (TPSA) is 51.8 Å². The van der Waals surface area contributed by atoms with Gasteiger partial charge in [-0.05, 0) is 74.5 Å². The van der Waals surface area contributed by atoms with Crippen molar-refractivity contribution in [1.82, 2.24) is 15.0 Å². The fraction of sp³-hybridized carbons (Fsp3) is 0. The van der Waals surface area contributed by atoms with Crippen LogP contribution in [0.15, 0.2) is 192 Å².